The molecular weight excluding hydrogens is 223 g/mol. The summed E-state index contributed by atoms with van der Waals surface area (Å²) in [5.41, 5.74) is 0.277. The number of halogens is 1. The van der Waals surface area contributed by atoms with E-state index in [2.05, 4.69) is 0 Å². The van der Waals surface area contributed by atoms with Gasteiger partial charge in [-0.2, -0.15) is 0 Å². The first-order chi connectivity index (χ1) is 8.15. The first-order valence-corrected chi connectivity index (χ1v) is 5.83. The number of rotatable bonds is 7. The number of hydrogen-bond donors (Lipinski definition) is 1. The zero-order valence-corrected chi connectivity index (χ0v) is 10.3. The Morgan fingerprint density at radius 2 is 2.06 bits per heavy atom. The minimum absolute atomic E-state index is 0.277. The molecule has 0 bridgehead atoms. The fourth-order valence-electron chi connectivity index (χ4n) is 1.40. The third-order valence-electron chi connectivity index (χ3n) is 2.27. The molecule has 17 heavy (non-hydrogen) atoms. The van der Waals surface area contributed by atoms with Gasteiger partial charge in [0.2, 0.25) is 0 Å². The van der Waals surface area contributed by atoms with Gasteiger partial charge in [0.05, 0.1) is 12.7 Å². The number of aliphatic hydroxyl groups excluding tert-OH is 1. The first-order valence-electron chi connectivity index (χ1n) is 5.83. The molecule has 0 aromatic heterocycles. The summed E-state index contributed by atoms with van der Waals surface area (Å²) in [6.45, 7) is 5.16. The van der Waals surface area contributed by atoms with E-state index in [0.717, 1.165) is 6.42 Å². The highest BCUT2D eigenvalue weighted by molar-refractivity contribution is 5.29. The van der Waals surface area contributed by atoms with Gasteiger partial charge in [-0.15, -0.1) is 0 Å². The summed E-state index contributed by atoms with van der Waals surface area (Å²) in [5, 5.41) is 9.27. The molecule has 0 aliphatic rings. The molecule has 0 aliphatic carbocycles. The molecule has 0 fully saturated rings. The van der Waals surface area contributed by atoms with Crippen molar-refractivity contribution < 1.29 is 19.0 Å². The second-order valence-electron chi connectivity index (χ2n) is 3.82. The normalized spacial score (nSPS) is 12.5. The van der Waals surface area contributed by atoms with E-state index in [4.69, 9.17) is 9.47 Å². The lowest BCUT2D eigenvalue weighted by Gasteiger charge is -2.10. The molecule has 0 amide bonds. The maximum absolute atomic E-state index is 13.5. The highest BCUT2D eigenvalue weighted by atomic mass is 19.1. The zero-order chi connectivity index (χ0) is 12.7. The van der Waals surface area contributed by atoms with Crippen LogP contribution in [-0.4, -0.2) is 24.9 Å². The van der Waals surface area contributed by atoms with Crippen LogP contribution in [0.15, 0.2) is 18.2 Å². The summed E-state index contributed by atoms with van der Waals surface area (Å²) >= 11 is 0. The van der Waals surface area contributed by atoms with E-state index in [-0.39, 0.29) is 5.56 Å². The third kappa shape index (κ3) is 4.71. The van der Waals surface area contributed by atoms with Gasteiger partial charge < -0.3 is 14.6 Å². The summed E-state index contributed by atoms with van der Waals surface area (Å²) in [6.07, 6.45) is 0.162. The number of hydrogen-bond acceptors (Lipinski definition) is 3. The Labute approximate surface area is 101 Å². The van der Waals surface area contributed by atoms with Gasteiger partial charge in [0.25, 0.3) is 0 Å². The van der Waals surface area contributed by atoms with Crippen LogP contribution in [0.1, 0.15) is 31.9 Å². The second-order valence-corrected chi connectivity index (χ2v) is 3.82. The molecule has 3 nitrogen and oxygen atoms in total. The van der Waals surface area contributed by atoms with Gasteiger partial charge in [0.15, 0.2) is 0 Å². The Bertz CT molecular complexity index is 339. The molecule has 0 spiro atoms. The third-order valence-corrected chi connectivity index (χ3v) is 2.27. The quantitative estimate of drug-likeness (QED) is 0.747. The lowest BCUT2D eigenvalue weighted by Crippen LogP contribution is -2.07. The molecule has 0 unspecified atom stereocenters. The minimum atomic E-state index is -0.808. The summed E-state index contributed by atoms with van der Waals surface area (Å²) in [5.74, 6) is -0.000949. The molecule has 1 N–H and O–H groups in total. The van der Waals surface area contributed by atoms with Crippen molar-refractivity contribution >= 4 is 0 Å². The van der Waals surface area contributed by atoms with Gasteiger partial charge in [-0.05, 0) is 25.5 Å². The molecular formula is C13H19FO3. The number of benzene rings is 1. The van der Waals surface area contributed by atoms with E-state index >= 15 is 0 Å². The average molecular weight is 242 g/mol. The molecule has 96 valence electrons. The molecule has 4 heteroatoms. The van der Waals surface area contributed by atoms with E-state index < -0.39 is 11.9 Å². The van der Waals surface area contributed by atoms with E-state index in [1.807, 2.05) is 6.92 Å². The Kier molecular flexibility index (Phi) is 5.94. The molecule has 0 saturated carbocycles. The summed E-state index contributed by atoms with van der Waals surface area (Å²) < 4.78 is 24.0. The highest BCUT2D eigenvalue weighted by Gasteiger charge is 2.08. The summed E-state index contributed by atoms with van der Waals surface area (Å²) in [4.78, 5) is 0. The van der Waals surface area contributed by atoms with Crippen molar-refractivity contribution in [1.82, 2.24) is 0 Å². The zero-order valence-electron chi connectivity index (χ0n) is 10.3. The van der Waals surface area contributed by atoms with Crippen molar-refractivity contribution in [2.24, 2.45) is 0 Å². The second kappa shape index (κ2) is 7.25. The Morgan fingerprint density at radius 3 is 2.65 bits per heavy atom. The van der Waals surface area contributed by atoms with Gasteiger partial charge >= 0.3 is 0 Å². The first kappa shape index (κ1) is 13.9. The largest absolute Gasteiger partial charge is 0.491 e. The molecule has 0 saturated heterocycles. The van der Waals surface area contributed by atoms with Crippen LogP contribution in [0.25, 0.3) is 0 Å². The van der Waals surface area contributed by atoms with Crippen LogP contribution < -0.4 is 4.74 Å². The predicted octanol–water partition coefficient (Wildman–Crippen LogP) is 2.68. The molecule has 0 heterocycles. The SMILES string of the molecule is CCCOCCOc1ccc([C@@H](C)O)c(F)c1. The van der Waals surface area contributed by atoms with Gasteiger partial charge in [0, 0.05) is 18.2 Å². The number of ether oxygens (including phenoxy) is 2. The van der Waals surface area contributed by atoms with Gasteiger partial charge in [0.1, 0.15) is 18.2 Å². The van der Waals surface area contributed by atoms with Crippen LogP contribution >= 0.6 is 0 Å². The maximum atomic E-state index is 13.5. The van der Waals surface area contributed by atoms with Crippen LogP contribution in [0.4, 0.5) is 4.39 Å². The smallest absolute Gasteiger partial charge is 0.132 e. The Balaban J connectivity index is 2.42. The number of aliphatic hydroxyl groups is 1. The van der Waals surface area contributed by atoms with Gasteiger partial charge in [-0.3, -0.25) is 0 Å². The van der Waals surface area contributed by atoms with E-state index in [0.29, 0.717) is 25.6 Å². The molecule has 1 aromatic rings. The van der Waals surface area contributed by atoms with Crippen molar-refractivity contribution in [3.63, 3.8) is 0 Å². The Morgan fingerprint density at radius 1 is 1.29 bits per heavy atom. The van der Waals surface area contributed by atoms with Gasteiger partial charge in [-0.25, -0.2) is 4.39 Å². The van der Waals surface area contributed by atoms with Crippen LogP contribution in [0, 0.1) is 5.82 Å². The lowest BCUT2D eigenvalue weighted by molar-refractivity contribution is 0.100. The van der Waals surface area contributed by atoms with E-state index in [1.165, 1.54) is 19.1 Å². The fourth-order valence-corrected chi connectivity index (χ4v) is 1.40. The van der Waals surface area contributed by atoms with Crippen LogP contribution in [0.5, 0.6) is 5.75 Å². The van der Waals surface area contributed by atoms with Crippen LogP contribution in [0.2, 0.25) is 0 Å². The summed E-state index contributed by atoms with van der Waals surface area (Å²) in [7, 11) is 0. The minimum Gasteiger partial charge on any atom is -0.491 e. The molecule has 1 aromatic carbocycles. The molecule has 1 atom stereocenters. The van der Waals surface area contributed by atoms with Crippen molar-refractivity contribution in [2.45, 2.75) is 26.4 Å². The molecule has 0 radical (unpaired) electrons. The predicted molar refractivity (Wildman–Crippen MR) is 63.6 cm³/mol. The molecule has 1 rings (SSSR count). The summed E-state index contributed by atoms with van der Waals surface area (Å²) in [6, 6.07) is 4.45. The topological polar surface area (TPSA) is 38.7 Å². The van der Waals surface area contributed by atoms with Crippen LogP contribution in [0.3, 0.4) is 0 Å². The maximum Gasteiger partial charge on any atom is 0.132 e. The average Bonchev–Trinajstić information content (AvgIpc) is 2.28. The van der Waals surface area contributed by atoms with Crippen molar-refractivity contribution in [2.75, 3.05) is 19.8 Å². The Hall–Kier alpha value is -1.13. The molecule has 0 aliphatic heterocycles. The van der Waals surface area contributed by atoms with Gasteiger partial charge in [-0.1, -0.05) is 6.92 Å². The van der Waals surface area contributed by atoms with E-state index in [1.54, 1.807) is 6.07 Å². The van der Waals surface area contributed by atoms with E-state index in [9.17, 15) is 9.50 Å². The monoisotopic (exact) mass is 242 g/mol. The highest BCUT2D eigenvalue weighted by Crippen LogP contribution is 2.21. The van der Waals surface area contributed by atoms with Crippen LogP contribution in [-0.2, 0) is 4.74 Å². The van der Waals surface area contributed by atoms with Crippen molar-refractivity contribution in [1.29, 1.82) is 0 Å². The lowest BCUT2D eigenvalue weighted by atomic mass is 10.1. The van der Waals surface area contributed by atoms with Crippen molar-refractivity contribution in [3.8, 4) is 5.75 Å². The standard InChI is InChI=1S/C13H19FO3/c1-3-6-16-7-8-17-11-4-5-12(10(2)15)13(14)9-11/h4-5,9-10,15H,3,6-8H2,1-2H3/t10-/m1/s1. The fraction of sp³-hybridized carbons (Fsp3) is 0.538. The van der Waals surface area contributed by atoms with Crippen molar-refractivity contribution in [3.05, 3.63) is 29.6 Å².